The molecule has 1 aliphatic carbocycles. The molecule has 1 heteroatoms. The van der Waals surface area contributed by atoms with Crippen LogP contribution in [-0.4, -0.2) is 0 Å². The Kier molecular flexibility index (Phi) is 1.80. The Bertz CT molecular complexity index is 788. The Morgan fingerprint density at radius 1 is 0.600 bits per heavy atom. The molecular formula is C19H12N. The van der Waals surface area contributed by atoms with Crippen LogP contribution in [0.4, 0.5) is 11.4 Å². The highest BCUT2D eigenvalue weighted by Crippen LogP contribution is 2.48. The summed E-state index contributed by atoms with van der Waals surface area (Å²) in [6.45, 7) is 0. The molecule has 0 saturated heterocycles. The fraction of sp³-hybridized carbons (Fsp3) is 0.0526. The average molecular weight is 254 g/mol. The largest absolute Gasteiger partial charge is 0.248 e. The first-order valence-corrected chi connectivity index (χ1v) is 6.96. The number of rotatable bonds is 0. The molecule has 1 heterocycles. The van der Waals surface area contributed by atoms with Crippen molar-refractivity contribution in [3.8, 4) is 22.3 Å². The van der Waals surface area contributed by atoms with Crippen molar-refractivity contribution >= 4 is 11.4 Å². The first-order chi connectivity index (χ1) is 9.90. The van der Waals surface area contributed by atoms with Crippen LogP contribution in [0.3, 0.4) is 0 Å². The zero-order valence-corrected chi connectivity index (χ0v) is 10.9. The van der Waals surface area contributed by atoms with Crippen LogP contribution >= 0.6 is 0 Å². The first kappa shape index (κ1) is 10.3. The van der Waals surface area contributed by atoms with Crippen molar-refractivity contribution in [3.63, 3.8) is 0 Å². The number of hydrogen-bond donors (Lipinski definition) is 0. The third-order valence-electron chi connectivity index (χ3n) is 4.35. The van der Waals surface area contributed by atoms with Crippen LogP contribution in [0.15, 0.2) is 60.7 Å². The van der Waals surface area contributed by atoms with Crippen molar-refractivity contribution in [2.24, 2.45) is 0 Å². The summed E-state index contributed by atoms with van der Waals surface area (Å²) in [6, 6.07) is 21.7. The monoisotopic (exact) mass is 254 g/mol. The maximum absolute atomic E-state index is 4.77. The minimum Gasteiger partial charge on any atom is -0.248 e. The second-order valence-corrected chi connectivity index (χ2v) is 5.49. The third-order valence-corrected chi connectivity index (χ3v) is 4.35. The van der Waals surface area contributed by atoms with Crippen molar-refractivity contribution in [2.75, 3.05) is 0 Å². The lowest BCUT2D eigenvalue weighted by Crippen LogP contribution is -1.85. The van der Waals surface area contributed by atoms with Crippen LogP contribution in [0.5, 0.6) is 0 Å². The molecule has 0 fully saturated rings. The van der Waals surface area contributed by atoms with Gasteiger partial charge in [0.15, 0.2) is 0 Å². The van der Waals surface area contributed by atoms with Gasteiger partial charge in [0.25, 0.3) is 0 Å². The smallest absolute Gasteiger partial charge is 0.0722 e. The zero-order chi connectivity index (χ0) is 13.1. The lowest BCUT2D eigenvalue weighted by atomic mass is 9.99. The van der Waals surface area contributed by atoms with Gasteiger partial charge in [-0.05, 0) is 46.9 Å². The van der Waals surface area contributed by atoms with Crippen molar-refractivity contribution in [1.29, 1.82) is 0 Å². The van der Waals surface area contributed by atoms with Crippen molar-refractivity contribution < 1.29 is 0 Å². The van der Waals surface area contributed by atoms with Crippen molar-refractivity contribution in [2.45, 2.75) is 6.42 Å². The Balaban J connectivity index is 1.76. The van der Waals surface area contributed by atoms with Gasteiger partial charge < -0.3 is 0 Å². The maximum atomic E-state index is 4.77. The summed E-state index contributed by atoms with van der Waals surface area (Å²) >= 11 is 0. The molecule has 20 heavy (non-hydrogen) atoms. The van der Waals surface area contributed by atoms with Crippen molar-refractivity contribution in [3.05, 3.63) is 71.8 Å². The molecule has 0 unspecified atom stereocenters. The summed E-state index contributed by atoms with van der Waals surface area (Å²) in [4.78, 5) is 0. The molecule has 0 saturated carbocycles. The number of hydrogen-bond acceptors (Lipinski definition) is 0. The third kappa shape index (κ3) is 1.22. The van der Waals surface area contributed by atoms with E-state index in [2.05, 4.69) is 60.7 Å². The van der Waals surface area contributed by atoms with Gasteiger partial charge in [0.1, 0.15) is 0 Å². The Labute approximate surface area is 117 Å². The van der Waals surface area contributed by atoms with Gasteiger partial charge in [-0.2, -0.15) is 0 Å². The molecular weight excluding hydrogens is 242 g/mol. The van der Waals surface area contributed by atoms with Gasteiger partial charge in [0.2, 0.25) is 0 Å². The summed E-state index contributed by atoms with van der Waals surface area (Å²) in [6.07, 6.45) is 1.04. The van der Waals surface area contributed by atoms with E-state index >= 15 is 0 Å². The van der Waals surface area contributed by atoms with Crippen LogP contribution < -0.4 is 5.32 Å². The van der Waals surface area contributed by atoms with Crippen LogP contribution in [0.1, 0.15) is 11.1 Å². The standard InChI is InChI=1S/C19H12N/c1-2-6-14-12(5-1)9-13-10-17-15-7-3-4-8-18(15)20-19(17)11-16(13)14/h1-8,10-11H,9H2. The maximum Gasteiger partial charge on any atom is 0.0722 e. The average Bonchev–Trinajstić information content (AvgIpc) is 3.02. The van der Waals surface area contributed by atoms with Gasteiger partial charge in [-0.1, -0.05) is 42.5 Å². The minimum absolute atomic E-state index is 1.04. The van der Waals surface area contributed by atoms with E-state index in [1.54, 1.807) is 0 Å². The zero-order valence-electron chi connectivity index (χ0n) is 10.9. The number of nitrogens with zero attached hydrogens (tertiary/aromatic N) is 1. The highest BCUT2D eigenvalue weighted by molar-refractivity contribution is 5.94. The molecule has 93 valence electrons. The summed E-state index contributed by atoms with van der Waals surface area (Å²) in [5, 5.41) is 4.77. The van der Waals surface area contributed by atoms with Crippen LogP contribution in [0.25, 0.3) is 22.3 Å². The summed E-state index contributed by atoms with van der Waals surface area (Å²) in [5.41, 5.74) is 10.3. The number of fused-ring (bicyclic) bond motifs is 6. The second kappa shape index (κ2) is 3.51. The van der Waals surface area contributed by atoms with Gasteiger partial charge in [-0.25, -0.2) is 5.32 Å². The molecule has 0 amide bonds. The summed E-state index contributed by atoms with van der Waals surface area (Å²) in [7, 11) is 0. The lowest BCUT2D eigenvalue weighted by Gasteiger charge is -2.05. The van der Waals surface area contributed by atoms with Crippen LogP contribution in [0.2, 0.25) is 0 Å². The van der Waals surface area contributed by atoms with Gasteiger partial charge in [-0.3, -0.25) is 0 Å². The molecule has 1 aliphatic heterocycles. The quantitative estimate of drug-likeness (QED) is 0.376. The molecule has 0 spiro atoms. The number of benzene rings is 3. The number of para-hydroxylation sites is 1. The van der Waals surface area contributed by atoms with E-state index in [0.717, 1.165) is 17.8 Å². The Morgan fingerprint density at radius 3 is 2.35 bits per heavy atom. The summed E-state index contributed by atoms with van der Waals surface area (Å²) in [5.74, 6) is 0. The van der Waals surface area contributed by atoms with Gasteiger partial charge in [-0.15, -0.1) is 0 Å². The lowest BCUT2D eigenvalue weighted by molar-refractivity contribution is 1.23. The molecule has 2 aliphatic rings. The predicted molar refractivity (Wildman–Crippen MR) is 81.6 cm³/mol. The van der Waals surface area contributed by atoms with E-state index in [4.69, 9.17) is 5.32 Å². The molecule has 1 radical (unpaired) electrons. The topological polar surface area (TPSA) is 14.1 Å². The van der Waals surface area contributed by atoms with Gasteiger partial charge >= 0.3 is 0 Å². The van der Waals surface area contributed by atoms with E-state index in [9.17, 15) is 0 Å². The highest BCUT2D eigenvalue weighted by atomic mass is 14.9. The SMILES string of the molecule is c1ccc2c(c1)Cc1cc3c(cc1-2)[N]c1ccccc1-3. The van der Waals surface area contributed by atoms with Gasteiger partial charge in [0.05, 0.1) is 11.4 Å². The predicted octanol–water partition coefficient (Wildman–Crippen LogP) is 4.81. The van der Waals surface area contributed by atoms with E-state index in [-0.39, 0.29) is 0 Å². The van der Waals surface area contributed by atoms with Crippen LogP contribution in [-0.2, 0) is 6.42 Å². The van der Waals surface area contributed by atoms with Crippen molar-refractivity contribution in [1.82, 2.24) is 5.32 Å². The van der Waals surface area contributed by atoms with E-state index in [0.29, 0.717) is 0 Å². The van der Waals surface area contributed by atoms with E-state index in [1.165, 1.54) is 33.4 Å². The first-order valence-electron chi connectivity index (χ1n) is 6.96. The normalized spacial score (nSPS) is 13.2. The Morgan fingerprint density at radius 2 is 1.40 bits per heavy atom. The summed E-state index contributed by atoms with van der Waals surface area (Å²) < 4.78 is 0. The second-order valence-electron chi connectivity index (χ2n) is 5.49. The van der Waals surface area contributed by atoms with E-state index in [1.807, 2.05) is 0 Å². The van der Waals surface area contributed by atoms with Crippen LogP contribution in [0, 0.1) is 0 Å². The molecule has 3 aromatic carbocycles. The van der Waals surface area contributed by atoms with E-state index < -0.39 is 0 Å². The molecule has 0 atom stereocenters. The fourth-order valence-electron chi connectivity index (χ4n) is 3.41. The minimum atomic E-state index is 1.04. The highest BCUT2D eigenvalue weighted by Gasteiger charge is 2.25. The fourth-order valence-corrected chi connectivity index (χ4v) is 3.41. The molecule has 0 aromatic heterocycles. The molecule has 0 N–H and O–H groups in total. The molecule has 3 aromatic rings. The Hall–Kier alpha value is -2.54. The van der Waals surface area contributed by atoms with Gasteiger partial charge in [0, 0.05) is 11.1 Å². The molecule has 5 rings (SSSR count). The molecule has 1 nitrogen and oxygen atoms in total. The molecule has 0 bridgehead atoms.